The lowest BCUT2D eigenvalue weighted by molar-refractivity contribution is 0.600. The molecule has 2 aromatic rings. The Morgan fingerprint density at radius 2 is 2.05 bits per heavy atom. The van der Waals surface area contributed by atoms with Crippen LogP contribution in [0.2, 0.25) is 0 Å². The van der Waals surface area contributed by atoms with Crippen molar-refractivity contribution in [2.45, 2.75) is 4.90 Å². The molecular weight excluding hydrogens is 332 g/mol. The van der Waals surface area contributed by atoms with Gasteiger partial charge in [0.15, 0.2) is 0 Å². The number of halogens is 1. The highest BCUT2D eigenvalue weighted by Gasteiger charge is 2.15. The second-order valence-electron chi connectivity index (χ2n) is 3.49. The van der Waals surface area contributed by atoms with Crippen LogP contribution in [0.1, 0.15) is 5.56 Å². The lowest BCUT2D eigenvalue weighted by Gasteiger charge is -2.06. The maximum atomic E-state index is 12.0. The number of hydrogen-bond donors (Lipinski definition) is 1. The minimum atomic E-state index is -3.74. The zero-order valence-corrected chi connectivity index (χ0v) is 11.8. The number of nitriles is 1. The van der Waals surface area contributed by atoms with Gasteiger partial charge in [-0.3, -0.25) is 9.71 Å². The van der Waals surface area contributed by atoms with E-state index in [2.05, 4.69) is 30.6 Å². The topological polar surface area (TPSA) is 95.7 Å². The van der Waals surface area contributed by atoms with Crippen molar-refractivity contribution in [1.82, 2.24) is 9.97 Å². The fourth-order valence-corrected chi connectivity index (χ4v) is 2.77. The van der Waals surface area contributed by atoms with Crippen molar-refractivity contribution < 1.29 is 8.42 Å². The number of pyridine rings is 2. The monoisotopic (exact) mass is 338 g/mol. The van der Waals surface area contributed by atoms with Gasteiger partial charge in [-0.1, -0.05) is 0 Å². The Kier molecular flexibility index (Phi) is 3.78. The molecule has 2 heterocycles. The van der Waals surface area contributed by atoms with E-state index in [0.717, 1.165) is 0 Å². The predicted molar refractivity (Wildman–Crippen MR) is 71.7 cm³/mol. The van der Waals surface area contributed by atoms with Gasteiger partial charge in [-0.2, -0.15) is 5.26 Å². The standard InChI is InChI=1S/C11H7BrN4O2S/c12-9-3-10(7-14-6-9)19(17,18)16-11-2-1-8(4-13)5-15-11/h1-3,5-7H,(H,15,16). The molecule has 2 rings (SSSR count). The van der Waals surface area contributed by atoms with Crippen molar-refractivity contribution in [3.05, 3.63) is 46.8 Å². The Balaban J connectivity index is 2.28. The van der Waals surface area contributed by atoms with Gasteiger partial charge in [0.25, 0.3) is 10.0 Å². The molecule has 0 saturated heterocycles. The summed E-state index contributed by atoms with van der Waals surface area (Å²) in [5.41, 5.74) is 0.354. The molecule has 96 valence electrons. The highest BCUT2D eigenvalue weighted by atomic mass is 79.9. The van der Waals surface area contributed by atoms with E-state index in [1.165, 1.54) is 36.8 Å². The van der Waals surface area contributed by atoms with Gasteiger partial charge in [0.2, 0.25) is 0 Å². The summed E-state index contributed by atoms with van der Waals surface area (Å²) in [5, 5.41) is 8.63. The van der Waals surface area contributed by atoms with Crippen LogP contribution in [0.5, 0.6) is 0 Å². The molecule has 0 saturated carbocycles. The van der Waals surface area contributed by atoms with E-state index in [-0.39, 0.29) is 10.7 Å². The Hall–Kier alpha value is -1.98. The molecule has 0 bridgehead atoms. The van der Waals surface area contributed by atoms with Crippen molar-refractivity contribution in [3.63, 3.8) is 0 Å². The summed E-state index contributed by atoms with van der Waals surface area (Å²) < 4.78 is 26.9. The number of sulfonamides is 1. The Bertz CT molecular complexity index is 738. The lowest BCUT2D eigenvalue weighted by atomic mass is 10.3. The lowest BCUT2D eigenvalue weighted by Crippen LogP contribution is -2.14. The van der Waals surface area contributed by atoms with Gasteiger partial charge in [-0.05, 0) is 34.1 Å². The van der Waals surface area contributed by atoms with Crippen LogP contribution in [0.25, 0.3) is 0 Å². The van der Waals surface area contributed by atoms with Crippen molar-refractivity contribution in [2.24, 2.45) is 0 Å². The van der Waals surface area contributed by atoms with E-state index in [0.29, 0.717) is 10.0 Å². The zero-order valence-electron chi connectivity index (χ0n) is 9.41. The van der Waals surface area contributed by atoms with E-state index in [1.807, 2.05) is 6.07 Å². The van der Waals surface area contributed by atoms with Gasteiger partial charge in [-0.25, -0.2) is 13.4 Å². The first kappa shape index (κ1) is 13.5. The minimum absolute atomic E-state index is 0.0213. The molecule has 0 atom stereocenters. The summed E-state index contributed by atoms with van der Waals surface area (Å²) in [6.07, 6.45) is 4.01. The maximum absolute atomic E-state index is 12.0. The number of nitrogens with zero attached hydrogens (tertiary/aromatic N) is 3. The molecule has 0 aliphatic carbocycles. The molecule has 0 spiro atoms. The second kappa shape index (κ2) is 5.34. The van der Waals surface area contributed by atoms with Gasteiger partial charge in [0.05, 0.1) is 5.56 Å². The van der Waals surface area contributed by atoms with Gasteiger partial charge >= 0.3 is 0 Å². The average molecular weight is 339 g/mol. The van der Waals surface area contributed by atoms with Crippen LogP contribution >= 0.6 is 15.9 Å². The van der Waals surface area contributed by atoms with E-state index < -0.39 is 10.0 Å². The average Bonchev–Trinajstić information content (AvgIpc) is 2.39. The Labute approximate surface area is 118 Å². The third kappa shape index (κ3) is 3.27. The first-order valence-corrected chi connectivity index (χ1v) is 7.28. The number of anilines is 1. The molecule has 6 nitrogen and oxygen atoms in total. The van der Waals surface area contributed by atoms with E-state index in [1.54, 1.807) is 0 Å². The Morgan fingerprint density at radius 1 is 1.26 bits per heavy atom. The number of rotatable bonds is 3. The van der Waals surface area contributed by atoms with Crippen molar-refractivity contribution in [3.8, 4) is 6.07 Å². The van der Waals surface area contributed by atoms with Gasteiger partial charge in [0, 0.05) is 23.1 Å². The molecule has 0 unspecified atom stereocenters. The normalized spacial score (nSPS) is 10.7. The number of nitrogens with one attached hydrogen (secondary N) is 1. The smallest absolute Gasteiger partial charge is 0.263 e. The molecule has 8 heteroatoms. The SMILES string of the molecule is N#Cc1ccc(NS(=O)(=O)c2cncc(Br)c2)nc1. The summed E-state index contributed by atoms with van der Waals surface area (Å²) >= 11 is 3.15. The van der Waals surface area contributed by atoms with Crippen molar-refractivity contribution in [2.75, 3.05) is 4.72 Å². The van der Waals surface area contributed by atoms with Crippen molar-refractivity contribution in [1.29, 1.82) is 5.26 Å². The van der Waals surface area contributed by atoms with Gasteiger partial charge < -0.3 is 0 Å². The predicted octanol–water partition coefficient (Wildman–Crippen LogP) is 1.91. The molecule has 2 aromatic heterocycles. The first-order chi connectivity index (χ1) is 9.01. The highest BCUT2D eigenvalue weighted by Crippen LogP contribution is 2.17. The summed E-state index contributed by atoms with van der Waals surface area (Å²) in [6.45, 7) is 0. The van der Waals surface area contributed by atoms with Crippen molar-refractivity contribution >= 4 is 31.8 Å². The van der Waals surface area contributed by atoms with Gasteiger partial charge in [0.1, 0.15) is 16.8 Å². The van der Waals surface area contributed by atoms with Gasteiger partial charge in [-0.15, -0.1) is 0 Å². The van der Waals surface area contributed by atoms with Crippen LogP contribution < -0.4 is 4.72 Å². The Morgan fingerprint density at radius 3 is 2.63 bits per heavy atom. The number of hydrogen-bond acceptors (Lipinski definition) is 5. The van der Waals surface area contributed by atoms with Crippen LogP contribution in [-0.4, -0.2) is 18.4 Å². The van der Waals surface area contributed by atoms with Crippen LogP contribution in [0, 0.1) is 11.3 Å². The third-order valence-electron chi connectivity index (χ3n) is 2.12. The largest absolute Gasteiger partial charge is 0.264 e. The number of aromatic nitrogens is 2. The fraction of sp³-hybridized carbons (Fsp3) is 0. The van der Waals surface area contributed by atoms with Crippen LogP contribution in [0.15, 0.2) is 46.2 Å². The highest BCUT2D eigenvalue weighted by molar-refractivity contribution is 9.10. The van der Waals surface area contributed by atoms with E-state index in [4.69, 9.17) is 5.26 Å². The molecular formula is C11H7BrN4O2S. The minimum Gasteiger partial charge on any atom is -0.263 e. The molecule has 0 radical (unpaired) electrons. The molecule has 0 aliphatic rings. The first-order valence-electron chi connectivity index (χ1n) is 5.01. The van der Waals surface area contributed by atoms with E-state index >= 15 is 0 Å². The summed E-state index contributed by atoms with van der Waals surface area (Å²) in [5.74, 6) is 0.138. The quantitative estimate of drug-likeness (QED) is 0.922. The summed E-state index contributed by atoms with van der Waals surface area (Å²) in [4.78, 5) is 7.65. The van der Waals surface area contributed by atoms with Crippen LogP contribution in [0.3, 0.4) is 0 Å². The maximum Gasteiger partial charge on any atom is 0.264 e. The zero-order chi connectivity index (χ0) is 13.9. The summed E-state index contributed by atoms with van der Waals surface area (Å²) in [7, 11) is -3.74. The van der Waals surface area contributed by atoms with E-state index in [9.17, 15) is 8.42 Å². The molecule has 0 aliphatic heterocycles. The summed E-state index contributed by atoms with van der Waals surface area (Å²) in [6, 6.07) is 6.22. The van der Waals surface area contributed by atoms with Crippen LogP contribution in [0.4, 0.5) is 5.82 Å². The molecule has 0 amide bonds. The molecule has 19 heavy (non-hydrogen) atoms. The molecule has 1 N–H and O–H groups in total. The molecule has 0 aromatic carbocycles. The van der Waals surface area contributed by atoms with Crippen LogP contribution in [-0.2, 0) is 10.0 Å². The second-order valence-corrected chi connectivity index (χ2v) is 6.09. The third-order valence-corrected chi connectivity index (χ3v) is 3.88. The molecule has 0 fully saturated rings. The fourth-order valence-electron chi connectivity index (χ4n) is 1.26.